The van der Waals surface area contributed by atoms with E-state index in [1.807, 2.05) is 12.1 Å². The first kappa shape index (κ1) is 22.1. The Morgan fingerprint density at radius 2 is 1.83 bits per heavy atom. The number of para-hydroxylation sites is 1. The molecular weight excluding hydrogens is 449 g/mol. The molecule has 1 atom stereocenters. The van der Waals surface area contributed by atoms with Gasteiger partial charge in [-0.2, -0.15) is 4.98 Å². The number of hydrogen-bond acceptors (Lipinski definition) is 6. The Kier molecular flexibility index (Phi) is 5.88. The summed E-state index contributed by atoms with van der Waals surface area (Å²) in [6, 6.07) is 17.7. The fourth-order valence-corrected chi connectivity index (χ4v) is 3.89. The van der Waals surface area contributed by atoms with Crippen LogP contribution in [0, 0.1) is 5.82 Å². The molecule has 0 unspecified atom stereocenters. The zero-order chi connectivity index (χ0) is 24.4. The van der Waals surface area contributed by atoms with Gasteiger partial charge in [-0.1, -0.05) is 35.5 Å². The molecule has 1 N–H and O–H groups in total. The second-order valence-corrected chi connectivity index (χ2v) is 8.00. The van der Waals surface area contributed by atoms with Crippen LogP contribution in [0.3, 0.4) is 0 Å². The summed E-state index contributed by atoms with van der Waals surface area (Å²) in [5.74, 6) is -0.115. The Hall–Kier alpha value is -4.66. The molecule has 174 valence electrons. The minimum Gasteiger partial charge on any atom is -0.348 e. The van der Waals surface area contributed by atoms with Crippen molar-refractivity contribution in [3.8, 4) is 22.8 Å². The average molecular weight is 469 g/mol. The van der Waals surface area contributed by atoms with Gasteiger partial charge in [0, 0.05) is 29.4 Å². The zero-order valence-electron chi connectivity index (χ0n) is 18.7. The quantitative estimate of drug-likeness (QED) is 0.401. The Morgan fingerprint density at radius 1 is 1.09 bits per heavy atom. The summed E-state index contributed by atoms with van der Waals surface area (Å²) in [7, 11) is 0. The lowest BCUT2D eigenvalue weighted by atomic mass is 10.1. The van der Waals surface area contributed by atoms with E-state index in [-0.39, 0.29) is 35.8 Å². The van der Waals surface area contributed by atoms with Gasteiger partial charge >= 0.3 is 0 Å². The lowest BCUT2D eigenvalue weighted by Crippen LogP contribution is -2.34. The molecule has 5 aromatic rings. The van der Waals surface area contributed by atoms with Crippen LogP contribution in [0.15, 0.2) is 88.4 Å². The Bertz CT molecular complexity index is 1560. The number of nitrogens with one attached hydrogen (secondary N) is 1. The Morgan fingerprint density at radius 3 is 2.60 bits per heavy atom. The van der Waals surface area contributed by atoms with Crippen molar-refractivity contribution < 1.29 is 13.7 Å². The number of halogens is 1. The molecule has 9 heteroatoms. The molecule has 0 bridgehead atoms. The van der Waals surface area contributed by atoms with Crippen LogP contribution in [0.2, 0.25) is 0 Å². The molecule has 0 spiro atoms. The number of hydrogen-bond donors (Lipinski definition) is 1. The molecule has 3 aromatic heterocycles. The third-order valence-corrected chi connectivity index (χ3v) is 5.66. The van der Waals surface area contributed by atoms with Gasteiger partial charge in [0.05, 0.1) is 17.1 Å². The average Bonchev–Trinajstić information content (AvgIpc) is 3.37. The molecule has 0 fully saturated rings. The number of nitrogens with zero attached hydrogens (tertiary/aromatic N) is 4. The first-order valence-electron chi connectivity index (χ1n) is 10.9. The van der Waals surface area contributed by atoms with Crippen LogP contribution in [-0.4, -0.2) is 25.6 Å². The lowest BCUT2D eigenvalue weighted by Gasteiger charge is -2.16. The minimum absolute atomic E-state index is 0.183. The van der Waals surface area contributed by atoms with E-state index in [4.69, 9.17) is 4.52 Å². The van der Waals surface area contributed by atoms with Gasteiger partial charge in [-0.05, 0) is 42.8 Å². The molecule has 0 saturated carbocycles. The first-order valence-corrected chi connectivity index (χ1v) is 10.9. The molecule has 0 aliphatic heterocycles. The molecule has 3 heterocycles. The molecule has 0 aliphatic rings. The second-order valence-electron chi connectivity index (χ2n) is 8.00. The van der Waals surface area contributed by atoms with Gasteiger partial charge in [-0.25, -0.2) is 4.39 Å². The monoisotopic (exact) mass is 469 g/mol. The zero-order valence-corrected chi connectivity index (χ0v) is 18.7. The van der Waals surface area contributed by atoms with Crippen LogP contribution in [0.5, 0.6) is 0 Å². The number of pyridine rings is 2. The smallest absolute Gasteiger partial charge is 0.259 e. The summed E-state index contributed by atoms with van der Waals surface area (Å²) in [5.41, 5.74) is 2.15. The number of carbonyl (C=O) groups is 1. The normalized spacial score (nSPS) is 11.9. The van der Waals surface area contributed by atoms with Crippen LogP contribution in [0.4, 0.5) is 4.39 Å². The summed E-state index contributed by atoms with van der Waals surface area (Å²) < 4.78 is 20.1. The summed E-state index contributed by atoms with van der Waals surface area (Å²) in [4.78, 5) is 34.3. The number of fused-ring (bicyclic) bond motifs is 1. The molecule has 0 radical (unpaired) electrons. The third kappa shape index (κ3) is 4.56. The molecule has 0 saturated heterocycles. The maximum Gasteiger partial charge on any atom is 0.259 e. The van der Waals surface area contributed by atoms with Crippen LogP contribution in [0.25, 0.3) is 33.7 Å². The van der Waals surface area contributed by atoms with E-state index < -0.39 is 0 Å². The van der Waals surface area contributed by atoms with Crippen molar-refractivity contribution in [3.63, 3.8) is 0 Å². The van der Waals surface area contributed by atoms with Crippen molar-refractivity contribution in [2.24, 2.45) is 0 Å². The fraction of sp³-hybridized carbons (Fsp3) is 0.115. The van der Waals surface area contributed by atoms with Crippen LogP contribution in [0.1, 0.15) is 18.5 Å². The van der Waals surface area contributed by atoms with Crippen molar-refractivity contribution in [1.29, 1.82) is 0 Å². The van der Waals surface area contributed by atoms with E-state index in [1.54, 1.807) is 55.7 Å². The SMILES string of the molecule is C[C@@H](NC(=O)Cn1c(=O)cc(-c2nc(-c3ccncc3)no2)c2ccccc21)c1ccc(F)cc1. The van der Waals surface area contributed by atoms with Gasteiger partial charge in [0.15, 0.2) is 0 Å². The predicted molar refractivity (Wildman–Crippen MR) is 128 cm³/mol. The fourth-order valence-electron chi connectivity index (χ4n) is 3.89. The number of carbonyl (C=O) groups excluding carboxylic acids is 1. The first-order chi connectivity index (χ1) is 17.0. The highest BCUT2D eigenvalue weighted by atomic mass is 19.1. The molecular formula is C26H20FN5O3. The maximum atomic E-state index is 13.2. The van der Waals surface area contributed by atoms with E-state index in [0.717, 1.165) is 11.1 Å². The van der Waals surface area contributed by atoms with Gasteiger partial charge in [0.2, 0.25) is 11.7 Å². The molecule has 8 nitrogen and oxygen atoms in total. The largest absolute Gasteiger partial charge is 0.348 e. The highest BCUT2D eigenvalue weighted by Crippen LogP contribution is 2.28. The van der Waals surface area contributed by atoms with Crippen molar-refractivity contribution in [2.75, 3.05) is 0 Å². The molecule has 5 rings (SSSR count). The number of benzene rings is 2. The second kappa shape index (κ2) is 9.30. The Labute approximate surface area is 199 Å². The van der Waals surface area contributed by atoms with E-state index >= 15 is 0 Å². The van der Waals surface area contributed by atoms with E-state index in [2.05, 4.69) is 20.4 Å². The van der Waals surface area contributed by atoms with Gasteiger partial charge in [-0.15, -0.1) is 0 Å². The van der Waals surface area contributed by atoms with Gasteiger partial charge < -0.3 is 9.84 Å². The third-order valence-electron chi connectivity index (χ3n) is 5.66. The van der Waals surface area contributed by atoms with Gasteiger partial charge in [-0.3, -0.25) is 19.1 Å². The van der Waals surface area contributed by atoms with Crippen molar-refractivity contribution in [3.05, 3.63) is 101 Å². The highest BCUT2D eigenvalue weighted by molar-refractivity contribution is 5.93. The molecule has 2 aromatic carbocycles. The summed E-state index contributed by atoms with van der Waals surface area (Å²) in [5, 5.41) is 7.57. The highest BCUT2D eigenvalue weighted by Gasteiger charge is 2.18. The Balaban J connectivity index is 1.45. The van der Waals surface area contributed by atoms with Crippen molar-refractivity contribution >= 4 is 16.8 Å². The number of amides is 1. The van der Waals surface area contributed by atoms with Gasteiger partial charge in [0.25, 0.3) is 11.4 Å². The lowest BCUT2D eigenvalue weighted by molar-refractivity contribution is -0.122. The summed E-state index contributed by atoms with van der Waals surface area (Å²) >= 11 is 0. The standard InChI is InChI=1S/C26H20FN5O3/c1-16(17-6-8-19(27)9-7-17)29-23(33)15-32-22-5-3-2-4-20(22)21(14-24(32)34)26-30-25(31-35-26)18-10-12-28-13-11-18/h2-14,16H,15H2,1H3,(H,29,33)/t16-/m1/s1. The van der Waals surface area contributed by atoms with Crippen LogP contribution < -0.4 is 10.9 Å². The van der Waals surface area contributed by atoms with E-state index in [1.165, 1.54) is 22.8 Å². The topological polar surface area (TPSA) is 103 Å². The van der Waals surface area contributed by atoms with Crippen LogP contribution >= 0.6 is 0 Å². The summed E-state index contributed by atoms with van der Waals surface area (Å²) in [6.45, 7) is 1.61. The van der Waals surface area contributed by atoms with Gasteiger partial charge in [0.1, 0.15) is 12.4 Å². The molecule has 0 aliphatic carbocycles. The minimum atomic E-state index is -0.382. The van der Waals surface area contributed by atoms with E-state index in [0.29, 0.717) is 22.3 Å². The molecule has 35 heavy (non-hydrogen) atoms. The van der Waals surface area contributed by atoms with E-state index in [9.17, 15) is 14.0 Å². The number of rotatable bonds is 6. The van der Waals surface area contributed by atoms with Crippen molar-refractivity contribution in [1.82, 2.24) is 25.0 Å². The van der Waals surface area contributed by atoms with Crippen LogP contribution in [-0.2, 0) is 11.3 Å². The predicted octanol–water partition coefficient (Wildman–Crippen LogP) is 4.13. The summed E-state index contributed by atoms with van der Waals surface area (Å²) in [6.07, 6.45) is 3.26. The van der Waals surface area contributed by atoms with Crippen molar-refractivity contribution in [2.45, 2.75) is 19.5 Å². The maximum absolute atomic E-state index is 13.2. The number of aromatic nitrogens is 4. The molecule has 1 amide bonds.